The van der Waals surface area contributed by atoms with Crippen molar-refractivity contribution in [3.63, 3.8) is 0 Å². The Kier molecular flexibility index (Phi) is 5.13. The number of hydrogen-bond donors (Lipinski definition) is 2. The van der Waals surface area contributed by atoms with Crippen LogP contribution in [-0.2, 0) is 18.4 Å². The lowest BCUT2D eigenvalue weighted by Gasteiger charge is -2.16. The fourth-order valence-corrected chi connectivity index (χ4v) is 2.39. The number of aromatic nitrogens is 2. The Bertz CT molecular complexity index is 723. The first-order valence-electron chi connectivity index (χ1n) is 7.23. The van der Waals surface area contributed by atoms with Crippen LogP contribution in [0, 0.1) is 6.92 Å². The van der Waals surface area contributed by atoms with Gasteiger partial charge in [0.25, 0.3) is 5.91 Å². The van der Waals surface area contributed by atoms with Crippen molar-refractivity contribution in [2.45, 2.75) is 13.5 Å². The number of hydrogen-bond acceptors (Lipinski definition) is 4. The molecule has 0 aliphatic heterocycles. The van der Waals surface area contributed by atoms with E-state index in [1.807, 2.05) is 32.1 Å². The van der Waals surface area contributed by atoms with Gasteiger partial charge in [0.05, 0.1) is 23.5 Å². The van der Waals surface area contributed by atoms with Gasteiger partial charge in [0.15, 0.2) is 0 Å². The summed E-state index contributed by atoms with van der Waals surface area (Å²) in [6, 6.07) is 6.68. The second-order valence-corrected chi connectivity index (χ2v) is 5.54. The van der Waals surface area contributed by atoms with Gasteiger partial charge in [-0.3, -0.25) is 19.2 Å². The van der Waals surface area contributed by atoms with Crippen LogP contribution < -0.4 is 11.1 Å². The van der Waals surface area contributed by atoms with E-state index in [-0.39, 0.29) is 12.5 Å². The van der Waals surface area contributed by atoms with Crippen LogP contribution in [0.3, 0.4) is 0 Å². The van der Waals surface area contributed by atoms with Gasteiger partial charge in [-0.2, -0.15) is 5.10 Å². The Morgan fingerprint density at radius 3 is 2.65 bits per heavy atom. The molecule has 122 valence electrons. The van der Waals surface area contributed by atoms with Gasteiger partial charge in [0, 0.05) is 25.4 Å². The standard InChI is InChI=1S/C16H21N5O2/c1-11-12(9-21(3)19-11)8-20(2)10-15(22)18-14-7-5-4-6-13(14)16(17)23/h4-7,9H,8,10H2,1-3H3,(H2,17,23)(H,18,22). The maximum atomic E-state index is 12.2. The summed E-state index contributed by atoms with van der Waals surface area (Å²) in [7, 11) is 3.72. The van der Waals surface area contributed by atoms with Crippen LogP contribution in [-0.4, -0.2) is 40.1 Å². The Labute approximate surface area is 135 Å². The number of anilines is 1. The number of benzene rings is 1. The highest BCUT2D eigenvalue weighted by Crippen LogP contribution is 2.14. The molecule has 0 aliphatic carbocycles. The minimum absolute atomic E-state index is 0.196. The number of nitrogens with two attached hydrogens (primary N) is 1. The summed E-state index contributed by atoms with van der Waals surface area (Å²) in [6.45, 7) is 2.75. The van der Waals surface area contributed by atoms with Crippen LogP contribution in [0.25, 0.3) is 0 Å². The second-order valence-electron chi connectivity index (χ2n) is 5.54. The van der Waals surface area contributed by atoms with Crippen molar-refractivity contribution in [3.8, 4) is 0 Å². The smallest absolute Gasteiger partial charge is 0.250 e. The Morgan fingerprint density at radius 2 is 2.04 bits per heavy atom. The third kappa shape index (κ3) is 4.40. The summed E-state index contributed by atoms with van der Waals surface area (Å²) in [4.78, 5) is 25.4. The fourth-order valence-electron chi connectivity index (χ4n) is 2.39. The first kappa shape index (κ1) is 16.7. The molecular formula is C16H21N5O2. The molecule has 0 spiro atoms. The van der Waals surface area contributed by atoms with Crippen molar-refractivity contribution in [2.75, 3.05) is 18.9 Å². The van der Waals surface area contributed by atoms with Gasteiger partial charge in [-0.15, -0.1) is 0 Å². The highest BCUT2D eigenvalue weighted by molar-refractivity contribution is 6.03. The van der Waals surface area contributed by atoms with Crippen LogP contribution in [0.1, 0.15) is 21.6 Å². The number of carbonyl (C=O) groups excluding carboxylic acids is 2. The summed E-state index contributed by atoms with van der Waals surface area (Å²) in [5, 5.41) is 7.01. The van der Waals surface area contributed by atoms with Crippen LogP contribution in [0.2, 0.25) is 0 Å². The number of carbonyl (C=O) groups is 2. The monoisotopic (exact) mass is 315 g/mol. The molecule has 0 radical (unpaired) electrons. The number of likely N-dealkylation sites (N-methyl/N-ethyl adjacent to an activating group) is 1. The molecule has 0 fully saturated rings. The molecule has 1 heterocycles. The SMILES string of the molecule is Cc1nn(C)cc1CN(C)CC(=O)Nc1ccccc1C(N)=O. The lowest BCUT2D eigenvalue weighted by molar-refractivity contribution is -0.117. The molecule has 2 aromatic rings. The summed E-state index contributed by atoms with van der Waals surface area (Å²) in [6.07, 6.45) is 1.94. The maximum absolute atomic E-state index is 12.2. The van der Waals surface area contributed by atoms with E-state index in [4.69, 9.17) is 5.73 Å². The van der Waals surface area contributed by atoms with Crippen molar-refractivity contribution < 1.29 is 9.59 Å². The van der Waals surface area contributed by atoms with E-state index in [0.29, 0.717) is 17.8 Å². The third-order valence-corrected chi connectivity index (χ3v) is 3.44. The van der Waals surface area contributed by atoms with E-state index in [2.05, 4.69) is 10.4 Å². The van der Waals surface area contributed by atoms with Crippen LogP contribution in [0.5, 0.6) is 0 Å². The lowest BCUT2D eigenvalue weighted by atomic mass is 10.1. The van der Waals surface area contributed by atoms with Crippen LogP contribution in [0.15, 0.2) is 30.5 Å². The average Bonchev–Trinajstić information content (AvgIpc) is 2.76. The Balaban J connectivity index is 1.97. The largest absolute Gasteiger partial charge is 0.366 e. The fraction of sp³-hybridized carbons (Fsp3) is 0.312. The molecule has 0 unspecified atom stereocenters. The molecule has 23 heavy (non-hydrogen) atoms. The number of nitrogens with one attached hydrogen (secondary N) is 1. The second kappa shape index (κ2) is 7.06. The normalized spacial score (nSPS) is 10.8. The molecule has 2 rings (SSSR count). The maximum Gasteiger partial charge on any atom is 0.250 e. The number of primary amides is 1. The van der Waals surface area contributed by atoms with Gasteiger partial charge in [-0.1, -0.05) is 12.1 Å². The highest BCUT2D eigenvalue weighted by atomic mass is 16.2. The zero-order valence-corrected chi connectivity index (χ0v) is 13.5. The van der Waals surface area contributed by atoms with Gasteiger partial charge in [0.1, 0.15) is 0 Å². The molecular weight excluding hydrogens is 294 g/mol. The van der Waals surface area contributed by atoms with E-state index in [0.717, 1.165) is 11.3 Å². The van der Waals surface area contributed by atoms with E-state index >= 15 is 0 Å². The average molecular weight is 315 g/mol. The van der Waals surface area contributed by atoms with Gasteiger partial charge in [-0.25, -0.2) is 0 Å². The number of para-hydroxylation sites is 1. The van der Waals surface area contributed by atoms with Gasteiger partial charge in [-0.05, 0) is 26.1 Å². The number of amides is 2. The molecule has 2 amide bonds. The Morgan fingerprint density at radius 1 is 1.35 bits per heavy atom. The summed E-state index contributed by atoms with van der Waals surface area (Å²) in [5.74, 6) is -0.775. The van der Waals surface area contributed by atoms with Crippen molar-refractivity contribution >= 4 is 17.5 Å². The van der Waals surface area contributed by atoms with E-state index in [1.54, 1.807) is 28.9 Å². The molecule has 0 bridgehead atoms. The van der Waals surface area contributed by atoms with Crippen molar-refractivity contribution in [1.82, 2.24) is 14.7 Å². The van der Waals surface area contributed by atoms with Crippen molar-refractivity contribution in [3.05, 3.63) is 47.3 Å². The predicted octanol–water partition coefficient (Wildman–Crippen LogP) is 0.898. The molecule has 0 saturated carbocycles. The molecule has 7 heteroatoms. The molecule has 1 aromatic heterocycles. The van der Waals surface area contributed by atoms with Gasteiger partial charge >= 0.3 is 0 Å². The summed E-state index contributed by atoms with van der Waals surface area (Å²) < 4.78 is 1.75. The molecule has 1 aromatic carbocycles. The van der Waals surface area contributed by atoms with Gasteiger partial charge < -0.3 is 11.1 Å². The topological polar surface area (TPSA) is 93.2 Å². The van der Waals surface area contributed by atoms with E-state index in [1.165, 1.54) is 0 Å². The summed E-state index contributed by atoms with van der Waals surface area (Å²) in [5.41, 5.74) is 8.04. The van der Waals surface area contributed by atoms with Gasteiger partial charge in [0.2, 0.25) is 5.91 Å². The Hall–Kier alpha value is -2.67. The van der Waals surface area contributed by atoms with Crippen molar-refractivity contribution in [1.29, 1.82) is 0 Å². The zero-order chi connectivity index (χ0) is 17.0. The first-order valence-corrected chi connectivity index (χ1v) is 7.23. The molecule has 0 atom stereocenters. The quantitative estimate of drug-likeness (QED) is 0.828. The molecule has 7 nitrogen and oxygen atoms in total. The third-order valence-electron chi connectivity index (χ3n) is 3.44. The number of aryl methyl sites for hydroxylation is 2. The minimum atomic E-state index is -0.569. The number of nitrogens with zero attached hydrogens (tertiary/aromatic N) is 3. The summed E-state index contributed by atoms with van der Waals surface area (Å²) >= 11 is 0. The van der Waals surface area contributed by atoms with Crippen LogP contribution in [0.4, 0.5) is 5.69 Å². The highest BCUT2D eigenvalue weighted by Gasteiger charge is 2.13. The number of rotatable bonds is 6. The molecule has 0 aliphatic rings. The van der Waals surface area contributed by atoms with E-state index < -0.39 is 5.91 Å². The lowest BCUT2D eigenvalue weighted by Crippen LogP contribution is -2.30. The van der Waals surface area contributed by atoms with Crippen LogP contribution >= 0.6 is 0 Å². The van der Waals surface area contributed by atoms with Crippen molar-refractivity contribution in [2.24, 2.45) is 12.8 Å². The predicted molar refractivity (Wildman–Crippen MR) is 87.9 cm³/mol. The zero-order valence-electron chi connectivity index (χ0n) is 13.5. The minimum Gasteiger partial charge on any atom is -0.366 e. The molecule has 0 saturated heterocycles. The van der Waals surface area contributed by atoms with E-state index in [9.17, 15) is 9.59 Å². The molecule has 3 N–H and O–H groups in total. The first-order chi connectivity index (χ1) is 10.9.